The zero-order chi connectivity index (χ0) is 23.6. The predicted molar refractivity (Wildman–Crippen MR) is 116 cm³/mol. The van der Waals surface area contributed by atoms with Crippen molar-refractivity contribution in [1.82, 2.24) is 20.3 Å². The first-order valence-corrected chi connectivity index (χ1v) is 12.2. The Bertz CT molecular complexity index is 1090. The van der Waals surface area contributed by atoms with Crippen molar-refractivity contribution in [2.24, 2.45) is 0 Å². The number of piperidine rings is 1. The van der Waals surface area contributed by atoms with E-state index in [2.05, 4.69) is 20.7 Å². The van der Waals surface area contributed by atoms with Gasteiger partial charge in [-0.2, -0.15) is 0 Å². The average molecular weight is 480 g/mol. The van der Waals surface area contributed by atoms with Crippen molar-refractivity contribution in [1.29, 1.82) is 0 Å². The summed E-state index contributed by atoms with van der Waals surface area (Å²) < 4.78 is 31.8. The lowest BCUT2D eigenvalue weighted by atomic mass is 10.0. The molecule has 0 saturated carbocycles. The highest BCUT2D eigenvalue weighted by atomic mass is 32.2. The summed E-state index contributed by atoms with van der Waals surface area (Å²) in [5, 5.41) is 7.73. The number of fused-ring (bicyclic) bond motifs is 1. The molecule has 3 aliphatic rings. The lowest BCUT2D eigenvalue weighted by Crippen LogP contribution is -2.55. The van der Waals surface area contributed by atoms with Gasteiger partial charge in [0.1, 0.15) is 11.3 Å². The molecule has 12 nitrogen and oxygen atoms in total. The number of hydrogen-bond acceptors (Lipinski definition) is 9. The fourth-order valence-electron chi connectivity index (χ4n) is 3.88. The number of hydrogen-bond donors (Lipinski definition) is 4. The van der Waals surface area contributed by atoms with Crippen molar-refractivity contribution in [3.05, 3.63) is 29.3 Å². The molecular formula is C20H25N5O7S. The van der Waals surface area contributed by atoms with E-state index in [0.29, 0.717) is 25.3 Å². The Morgan fingerprint density at radius 1 is 1.06 bits per heavy atom. The van der Waals surface area contributed by atoms with Crippen LogP contribution in [0, 0.1) is 0 Å². The van der Waals surface area contributed by atoms with Gasteiger partial charge in [0.25, 0.3) is 11.8 Å². The summed E-state index contributed by atoms with van der Waals surface area (Å²) in [6, 6.07) is 3.78. The van der Waals surface area contributed by atoms with Gasteiger partial charge in [0.05, 0.1) is 24.3 Å². The number of carbonyl (C=O) groups is 4. The second-order valence-electron chi connectivity index (χ2n) is 7.93. The Kier molecular flexibility index (Phi) is 6.74. The normalized spacial score (nSPS) is 21.1. The number of amides is 4. The van der Waals surface area contributed by atoms with Gasteiger partial charge in [0.2, 0.25) is 21.8 Å². The van der Waals surface area contributed by atoms with E-state index in [0.717, 1.165) is 4.90 Å². The van der Waals surface area contributed by atoms with Crippen LogP contribution >= 0.6 is 0 Å². The van der Waals surface area contributed by atoms with Crippen molar-refractivity contribution in [3.63, 3.8) is 0 Å². The van der Waals surface area contributed by atoms with Gasteiger partial charge in [-0.25, -0.2) is 13.1 Å². The van der Waals surface area contributed by atoms with Crippen LogP contribution in [0.4, 0.5) is 5.69 Å². The molecule has 0 radical (unpaired) electrons. The number of benzene rings is 1. The summed E-state index contributed by atoms with van der Waals surface area (Å²) in [7, 11) is -3.33. The van der Waals surface area contributed by atoms with Crippen LogP contribution < -0.4 is 20.7 Å². The molecule has 178 valence electrons. The van der Waals surface area contributed by atoms with E-state index in [4.69, 9.17) is 4.74 Å². The van der Waals surface area contributed by atoms with Crippen molar-refractivity contribution in [2.45, 2.75) is 24.1 Å². The van der Waals surface area contributed by atoms with Gasteiger partial charge < -0.3 is 15.4 Å². The first-order chi connectivity index (χ1) is 15.8. The summed E-state index contributed by atoms with van der Waals surface area (Å²) in [6.07, 6.45) is 0.147. The SMILES string of the molecule is O=C1CCC(N2C(=O)c3cccc(NCCOCCNS(=O)(=O)C4CNC4)c3C2=O)C(=O)N1. The molecule has 1 aromatic rings. The Morgan fingerprint density at radius 3 is 2.52 bits per heavy atom. The van der Waals surface area contributed by atoms with Gasteiger partial charge in [0, 0.05) is 38.3 Å². The first-order valence-electron chi connectivity index (χ1n) is 10.6. The number of nitrogens with one attached hydrogen (secondary N) is 4. The van der Waals surface area contributed by atoms with Gasteiger partial charge in [-0.3, -0.25) is 29.4 Å². The van der Waals surface area contributed by atoms with Crippen molar-refractivity contribution in [2.75, 3.05) is 44.7 Å². The number of carbonyl (C=O) groups excluding carboxylic acids is 4. The first kappa shape index (κ1) is 23.3. The van der Waals surface area contributed by atoms with Gasteiger partial charge in [-0.05, 0) is 18.6 Å². The van der Waals surface area contributed by atoms with E-state index in [-0.39, 0.29) is 43.7 Å². The number of rotatable bonds is 10. The average Bonchev–Trinajstić information content (AvgIpc) is 2.97. The number of nitrogens with zero attached hydrogens (tertiary/aromatic N) is 1. The molecule has 2 fully saturated rings. The third kappa shape index (κ3) is 4.76. The quantitative estimate of drug-likeness (QED) is 0.229. The maximum Gasteiger partial charge on any atom is 0.264 e. The third-order valence-corrected chi connectivity index (χ3v) is 7.58. The highest BCUT2D eigenvalue weighted by Crippen LogP contribution is 2.32. The molecule has 4 amide bonds. The smallest absolute Gasteiger partial charge is 0.264 e. The van der Waals surface area contributed by atoms with Crippen LogP contribution in [0.3, 0.4) is 0 Å². The number of sulfonamides is 1. The van der Waals surface area contributed by atoms with Crippen LogP contribution in [-0.2, 0) is 24.3 Å². The summed E-state index contributed by atoms with van der Waals surface area (Å²) >= 11 is 0. The van der Waals surface area contributed by atoms with Crippen molar-refractivity contribution < 1.29 is 32.3 Å². The highest BCUT2D eigenvalue weighted by Gasteiger charge is 2.45. The molecule has 1 unspecified atom stereocenters. The van der Waals surface area contributed by atoms with Crippen LogP contribution in [0.2, 0.25) is 0 Å². The summed E-state index contributed by atoms with van der Waals surface area (Å²) in [4.78, 5) is 50.3. The number of anilines is 1. The third-order valence-electron chi connectivity index (χ3n) is 5.76. The highest BCUT2D eigenvalue weighted by molar-refractivity contribution is 7.90. The molecule has 0 aliphatic carbocycles. The molecule has 0 spiro atoms. The molecule has 13 heteroatoms. The van der Waals surface area contributed by atoms with Gasteiger partial charge in [0.15, 0.2) is 0 Å². The summed E-state index contributed by atoms with van der Waals surface area (Å²) in [6.45, 7) is 1.81. The maximum absolute atomic E-state index is 13.0. The maximum atomic E-state index is 13.0. The molecule has 4 N–H and O–H groups in total. The lowest BCUT2D eigenvalue weighted by Gasteiger charge is -2.27. The van der Waals surface area contributed by atoms with E-state index < -0.39 is 44.9 Å². The molecular weight excluding hydrogens is 454 g/mol. The standard InChI is InChI=1S/C20H25N5O7S/c26-16-5-4-15(18(27)24-16)25-19(28)13-2-1-3-14(17(13)20(25)29)22-6-8-32-9-7-23-33(30,31)12-10-21-11-12/h1-3,12,15,21-23H,4-11H2,(H,24,26,27). The van der Waals surface area contributed by atoms with Crippen molar-refractivity contribution in [3.8, 4) is 0 Å². The van der Waals surface area contributed by atoms with Crippen LogP contribution in [-0.4, -0.2) is 87.6 Å². The van der Waals surface area contributed by atoms with E-state index in [1.165, 1.54) is 6.07 Å². The lowest BCUT2D eigenvalue weighted by molar-refractivity contribution is -0.136. The van der Waals surface area contributed by atoms with E-state index in [1.54, 1.807) is 12.1 Å². The monoisotopic (exact) mass is 479 g/mol. The number of imide groups is 2. The molecule has 1 atom stereocenters. The molecule has 2 saturated heterocycles. The second kappa shape index (κ2) is 9.55. The fourth-order valence-corrected chi connectivity index (χ4v) is 5.16. The van der Waals surface area contributed by atoms with Crippen LogP contribution in [0.25, 0.3) is 0 Å². The van der Waals surface area contributed by atoms with Crippen molar-refractivity contribution >= 4 is 39.3 Å². The molecule has 3 heterocycles. The zero-order valence-electron chi connectivity index (χ0n) is 17.8. The Balaban J connectivity index is 1.29. The van der Waals surface area contributed by atoms with E-state index in [9.17, 15) is 27.6 Å². The predicted octanol–water partition coefficient (Wildman–Crippen LogP) is -1.59. The minimum Gasteiger partial charge on any atom is -0.382 e. The van der Waals surface area contributed by atoms with Gasteiger partial charge >= 0.3 is 0 Å². The minimum absolute atomic E-state index is 0.0555. The van der Waals surface area contributed by atoms with Gasteiger partial charge in [-0.1, -0.05) is 6.07 Å². The van der Waals surface area contributed by atoms with E-state index >= 15 is 0 Å². The fraction of sp³-hybridized carbons (Fsp3) is 0.500. The molecule has 0 bridgehead atoms. The zero-order valence-corrected chi connectivity index (χ0v) is 18.6. The molecule has 0 aromatic heterocycles. The Hall–Kier alpha value is -2.87. The van der Waals surface area contributed by atoms with Gasteiger partial charge in [-0.15, -0.1) is 0 Å². The largest absolute Gasteiger partial charge is 0.382 e. The molecule has 4 rings (SSSR count). The summed E-state index contributed by atoms with van der Waals surface area (Å²) in [5.41, 5.74) is 0.798. The summed E-state index contributed by atoms with van der Waals surface area (Å²) in [5.74, 6) is -2.25. The Morgan fingerprint density at radius 2 is 1.82 bits per heavy atom. The number of ether oxygens (including phenoxy) is 1. The Labute approximate surface area is 190 Å². The van der Waals surface area contributed by atoms with Crippen LogP contribution in [0.1, 0.15) is 33.6 Å². The van der Waals surface area contributed by atoms with Crippen LogP contribution in [0.15, 0.2) is 18.2 Å². The van der Waals surface area contributed by atoms with Crippen LogP contribution in [0.5, 0.6) is 0 Å². The van der Waals surface area contributed by atoms with E-state index in [1.807, 2.05) is 0 Å². The minimum atomic E-state index is -3.33. The second-order valence-corrected chi connectivity index (χ2v) is 9.98. The molecule has 3 aliphatic heterocycles. The molecule has 1 aromatic carbocycles. The molecule has 33 heavy (non-hydrogen) atoms. The topological polar surface area (TPSA) is 163 Å².